The molecule has 0 radical (unpaired) electrons. The minimum absolute atomic E-state index is 0.0248. The molecule has 1 N–H and O–H groups in total. The Morgan fingerprint density at radius 1 is 1.21 bits per heavy atom. The predicted molar refractivity (Wildman–Crippen MR) is 112 cm³/mol. The summed E-state index contributed by atoms with van der Waals surface area (Å²) >= 11 is 0. The number of nitrogens with zero attached hydrogens (tertiary/aromatic N) is 1. The van der Waals surface area contributed by atoms with Crippen LogP contribution in [0.2, 0.25) is 0 Å². The zero-order valence-electron chi connectivity index (χ0n) is 16.4. The average Bonchev–Trinajstić information content (AvgIpc) is 2.74. The topological polar surface area (TPSA) is 71.8 Å². The molecular formula is C23H24N2O4. The molecule has 6 heteroatoms. The molecule has 29 heavy (non-hydrogen) atoms. The third-order valence-corrected chi connectivity index (χ3v) is 5.26. The summed E-state index contributed by atoms with van der Waals surface area (Å²) in [6, 6.07) is 13.4. The molecular weight excluding hydrogens is 368 g/mol. The number of hydrogen-bond donors (Lipinski definition) is 1. The number of carbonyl (C=O) groups is 1. The highest BCUT2D eigenvalue weighted by atomic mass is 16.5. The first-order valence-corrected chi connectivity index (χ1v) is 9.76. The molecule has 6 nitrogen and oxygen atoms in total. The summed E-state index contributed by atoms with van der Waals surface area (Å²) in [5.41, 5.74) is 4.54. The molecule has 0 saturated carbocycles. The van der Waals surface area contributed by atoms with Crippen LogP contribution in [-0.4, -0.2) is 31.1 Å². The molecule has 0 fully saturated rings. The van der Waals surface area contributed by atoms with Crippen molar-refractivity contribution >= 4 is 22.6 Å². The van der Waals surface area contributed by atoms with Crippen molar-refractivity contribution in [3.05, 3.63) is 75.6 Å². The molecule has 2 heterocycles. The van der Waals surface area contributed by atoms with E-state index in [-0.39, 0.29) is 11.3 Å². The second-order valence-electron chi connectivity index (χ2n) is 7.32. The summed E-state index contributed by atoms with van der Waals surface area (Å²) in [7, 11) is 1.58. The molecule has 0 unspecified atom stereocenters. The zero-order chi connectivity index (χ0) is 20.2. The normalized spacial score (nSPS) is 14.0. The summed E-state index contributed by atoms with van der Waals surface area (Å²) in [6.07, 6.45) is 2.82. The van der Waals surface area contributed by atoms with Crippen molar-refractivity contribution in [2.24, 2.45) is 0 Å². The Bertz CT molecular complexity index is 1090. The van der Waals surface area contributed by atoms with Crippen molar-refractivity contribution in [2.75, 3.05) is 25.6 Å². The molecule has 1 amide bonds. The molecule has 1 aliphatic heterocycles. The molecule has 2 aromatic carbocycles. The van der Waals surface area contributed by atoms with Crippen LogP contribution in [0.5, 0.6) is 0 Å². The highest BCUT2D eigenvalue weighted by Gasteiger charge is 2.19. The van der Waals surface area contributed by atoms with Crippen molar-refractivity contribution < 1.29 is 13.9 Å². The Hall–Kier alpha value is -2.96. The first kappa shape index (κ1) is 19.4. The number of nitrogens with one attached hydrogen (secondary N) is 1. The largest absolute Gasteiger partial charge is 0.464 e. The van der Waals surface area contributed by atoms with Crippen molar-refractivity contribution in [1.82, 2.24) is 4.90 Å². The van der Waals surface area contributed by atoms with Gasteiger partial charge in [0.05, 0.1) is 24.7 Å². The third-order valence-electron chi connectivity index (χ3n) is 5.26. The number of benzene rings is 2. The smallest absolute Gasteiger partial charge is 0.226 e. The Labute approximate surface area is 169 Å². The Morgan fingerprint density at radius 2 is 2.07 bits per heavy atom. The minimum Gasteiger partial charge on any atom is -0.464 e. The number of ether oxygens (including phenoxy) is 1. The van der Waals surface area contributed by atoms with Crippen LogP contribution >= 0.6 is 0 Å². The van der Waals surface area contributed by atoms with E-state index in [4.69, 9.17) is 9.15 Å². The van der Waals surface area contributed by atoms with E-state index in [1.807, 2.05) is 24.3 Å². The second kappa shape index (κ2) is 8.59. The second-order valence-corrected chi connectivity index (χ2v) is 7.32. The Kier molecular flexibility index (Phi) is 5.74. The van der Waals surface area contributed by atoms with Crippen molar-refractivity contribution in [1.29, 1.82) is 0 Å². The van der Waals surface area contributed by atoms with E-state index in [9.17, 15) is 9.59 Å². The van der Waals surface area contributed by atoms with Gasteiger partial charge in [-0.3, -0.25) is 14.5 Å². The van der Waals surface area contributed by atoms with Crippen LogP contribution < -0.4 is 10.7 Å². The maximum atomic E-state index is 12.8. The third kappa shape index (κ3) is 4.39. The van der Waals surface area contributed by atoms with Gasteiger partial charge in [-0.2, -0.15) is 0 Å². The number of methoxy groups -OCH3 is 1. The Balaban J connectivity index is 1.48. The fourth-order valence-corrected chi connectivity index (χ4v) is 3.71. The van der Waals surface area contributed by atoms with Gasteiger partial charge in [0.1, 0.15) is 5.58 Å². The fraction of sp³-hybridized carbons (Fsp3) is 0.304. The molecule has 0 aliphatic carbocycles. The van der Waals surface area contributed by atoms with Crippen LogP contribution in [0.1, 0.15) is 23.1 Å². The van der Waals surface area contributed by atoms with Gasteiger partial charge >= 0.3 is 0 Å². The first-order valence-electron chi connectivity index (χ1n) is 9.76. The minimum atomic E-state index is -0.0618. The number of para-hydroxylation sites is 1. The maximum absolute atomic E-state index is 12.8. The van der Waals surface area contributed by atoms with E-state index >= 15 is 0 Å². The van der Waals surface area contributed by atoms with E-state index in [0.29, 0.717) is 36.1 Å². The monoisotopic (exact) mass is 392 g/mol. The van der Waals surface area contributed by atoms with Gasteiger partial charge in [0, 0.05) is 38.0 Å². The van der Waals surface area contributed by atoms with Gasteiger partial charge in [0.2, 0.25) is 5.91 Å². The number of amides is 1. The summed E-state index contributed by atoms with van der Waals surface area (Å²) in [5, 5.41) is 3.53. The van der Waals surface area contributed by atoms with E-state index < -0.39 is 0 Å². The van der Waals surface area contributed by atoms with Crippen LogP contribution in [0, 0.1) is 0 Å². The number of fused-ring (bicyclic) bond motifs is 2. The number of hydrogen-bond acceptors (Lipinski definition) is 5. The van der Waals surface area contributed by atoms with Gasteiger partial charge in [-0.1, -0.05) is 18.2 Å². The van der Waals surface area contributed by atoms with Crippen LogP contribution in [-0.2, 0) is 29.0 Å². The predicted octanol–water partition coefficient (Wildman–Crippen LogP) is 3.33. The summed E-state index contributed by atoms with van der Waals surface area (Å²) in [5.74, 6) is -0.0618. The molecule has 1 aliphatic rings. The summed E-state index contributed by atoms with van der Waals surface area (Å²) in [4.78, 5) is 26.9. The van der Waals surface area contributed by atoms with Gasteiger partial charge < -0.3 is 14.5 Å². The highest BCUT2D eigenvalue weighted by Crippen LogP contribution is 2.24. The molecule has 1 aromatic heterocycles. The Morgan fingerprint density at radius 3 is 2.93 bits per heavy atom. The molecule has 3 aromatic rings. The number of carbonyl (C=O) groups excluding carboxylic acids is 1. The molecule has 0 atom stereocenters. The molecule has 4 rings (SSSR count). The SMILES string of the molecule is COCCC(=O)Nc1ccc2c(c1)CN(Cc1coc3ccccc3c1=O)CC2. The van der Waals surface area contributed by atoms with Gasteiger partial charge in [-0.25, -0.2) is 0 Å². The lowest BCUT2D eigenvalue weighted by Crippen LogP contribution is -2.32. The van der Waals surface area contributed by atoms with Gasteiger partial charge in [-0.05, 0) is 41.8 Å². The first-order chi connectivity index (χ1) is 14.1. The lowest BCUT2D eigenvalue weighted by Gasteiger charge is -2.29. The quantitative estimate of drug-likeness (QED) is 0.697. The number of anilines is 1. The molecule has 0 bridgehead atoms. The van der Waals surface area contributed by atoms with Crippen molar-refractivity contribution in [2.45, 2.75) is 25.9 Å². The van der Waals surface area contributed by atoms with Crippen molar-refractivity contribution in [3.63, 3.8) is 0 Å². The van der Waals surface area contributed by atoms with E-state index in [1.54, 1.807) is 25.5 Å². The van der Waals surface area contributed by atoms with E-state index in [1.165, 1.54) is 11.1 Å². The average molecular weight is 392 g/mol. The van der Waals surface area contributed by atoms with Gasteiger partial charge in [-0.15, -0.1) is 0 Å². The lowest BCUT2D eigenvalue weighted by atomic mass is 9.98. The summed E-state index contributed by atoms with van der Waals surface area (Å²) in [6.45, 7) is 2.54. The van der Waals surface area contributed by atoms with E-state index in [2.05, 4.69) is 16.3 Å². The van der Waals surface area contributed by atoms with Crippen molar-refractivity contribution in [3.8, 4) is 0 Å². The fourth-order valence-electron chi connectivity index (χ4n) is 3.71. The number of rotatable bonds is 6. The molecule has 0 saturated heterocycles. The maximum Gasteiger partial charge on any atom is 0.226 e. The van der Waals surface area contributed by atoms with Gasteiger partial charge in [0.25, 0.3) is 0 Å². The van der Waals surface area contributed by atoms with Crippen LogP contribution in [0.4, 0.5) is 5.69 Å². The molecule has 150 valence electrons. The van der Waals surface area contributed by atoms with Gasteiger partial charge in [0.15, 0.2) is 5.43 Å². The zero-order valence-corrected chi connectivity index (χ0v) is 16.4. The molecule has 0 spiro atoms. The highest BCUT2D eigenvalue weighted by molar-refractivity contribution is 5.90. The van der Waals surface area contributed by atoms with E-state index in [0.717, 1.165) is 25.2 Å². The van der Waals surface area contributed by atoms with Crippen LogP contribution in [0.3, 0.4) is 0 Å². The lowest BCUT2D eigenvalue weighted by molar-refractivity contribution is -0.117. The van der Waals surface area contributed by atoms with Crippen LogP contribution in [0.25, 0.3) is 11.0 Å². The standard InChI is InChI=1S/C23H24N2O4/c1-28-11-9-22(26)24-19-7-6-16-8-10-25(13-17(16)12-19)14-18-15-29-21-5-3-2-4-20(21)23(18)27/h2-7,12,15H,8-11,13-14H2,1H3,(H,24,26). The summed E-state index contributed by atoms with van der Waals surface area (Å²) < 4.78 is 10.6. The van der Waals surface area contributed by atoms with Crippen LogP contribution in [0.15, 0.2) is 57.9 Å².